The number of aryl methyl sites for hydroxylation is 1. The van der Waals surface area contributed by atoms with Crippen LogP contribution in [0.25, 0.3) is 11.0 Å². The van der Waals surface area contributed by atoms with Crippen molar-refractivity contribution >= 4 is 28.7 Å². The second-order valence-corrected chi connectivity index (χ2v) is 6.23. The van der Waals surface area contributed by atoms with Crippen molar-refractivity contribution in [2.45, 2.75) is 11.4 Å². The van der Waals surface area contributed by atoms with Crippen LogP contribution in [0.2, 0.25) is 0 Å². The minimum atomic E-state index is -0.664. The number of carbonyl (C=O) groups is 1. The van der Waals surface area contributed by atoms with Gasteiger partial charge in [-0.3, -0.25) is 4.79 Å². The Labute approximate surface area is 141 Å². The predicted octanol–water partition coefficient (Wildman–Crippen LogP) is 3.26. The zero-order chi connectivity index (χ0) is 17.1. The molecule has 1 aromatic heterocycles. The standard InChI is InChI=1S/C17H15F2N3OS/c1-22-14-5-3-2-4-13(14)21-16(22)9-20-17(23)10-24-15-7-6-11(18)8-12(15)19/h2-8H,9-10H2,1H3,(H,20,23). The summed E-state index contributed by atoms with van der Waals surface area (Å²) in [6.07, 6.45) is 0. The molecule has 3 aromatic rings. The summed E-state index contributed by atoms with van der Waals surface area (Å²) in [7, 11) is 1.89. The first-order valence-corrected chi connectivity index (χ1v) is 8.28. The van der Waals surface area contributed by atoms with Crippen LogP contribution in [0.3, 0.4) is 0 Å². The van der Waals surface area contributed by atoms with Gasteiger partial charge in [0.1, 0.15) is 17.5 Å². The highest BCUT2D eigenvalue weighted by atomic mass is 32.2. The molecule has 0 saturated heterocycles. The monoisotopic (exact) mass is 347 g/mol. The number of rotatable bonds is 5. The predicted molar refractivity (Wildman–Crippen MR) is 89.6 cm³/mol. The Morgan fingerprint density at radius 3 is 2.79 bits per heavy atom. The van der Waals surface area contributed by atoms with Crippen LogP contribution in [-0.2, 0) is 18.4 Å². The molecule has 0 aliphatic rings. The minimum Gasteiger partial charge on any atom is -0.348 e. The van der Waals surface area contributed by atoms with Gasteiger partial charge in [-0.2, -0.15) is 0 Å². The van der Waals surface area contributed by atoms with Gasteiger partial charge in [0, 0.05) is 18.0 Å². The Balaban J connectivity index is 1.58. The van der Waals surface area contributed by atoms with Gasteiger partial charge in [0.05, 0.1) is 23.3 Å². The van der Waals surface area contributed by atoms with Gasteiger partial charge in [-0.05, 0) is 24.3 Å². The van der Waals surface area contributed by atoms with E-state index >= 15 is 0 Å². The average Bonchev–Trinajstić information content (AvgIpc) is 2.89. The van der Waals surface area contributed by atoms with Crippen molar-refractivity contribution < 1.29 is 13.6 Å². The highest BCUT2D eigenvalue weighted by Crippen LogP contribution is 2.22. The summed E-state index contributed by atoms with van der Waals surface area (Å²) in [5.74, 6) is -0.753. The molecule has 124 valence electrons. The van der Waals surface area contributed by atoms with Crippen LogP contribution in [-0.4, -0.2) is 21.2 Å². The lowest BCUT2D eigenvalue weighted by molar-refractivity contribution is -0.118. The zero-order valence-electron chi connectivity index (χ0n) is 12.9. The van der Waals surface area contributed by atoms with Crippen molar-refractivity contribution in [3.05, 3.63) is 59.9 Å². The van der Waals surface area contributed by atoms with Crippen molar-refractivity contribution in [3.63, 3.8) is 0 Å². The summed E-state index contributed by atoms with van der Waals surface area (Å²) in [5, 5.41) is 2.76. The van der Waals surface area contributed by atoms with E-state index in [0.717, 1.165) is 34.7 Å². The lowest BCUT2D eigenvalue weighted by Crippen LogP contribution is -2.26. The first kappa shape index (κ1) is 16.4. The van der Waals surface area contributed by atoms with Crippen molar-refractivity contribution in [1.29, 1.82) is 0 Å². The number of nitrogens with one attached hydrogen (secondary N) is 1. The number of amides is 1. The molecule has 1 heterocycles. The van der Waals surface area contributed by atoms with Crippen LogP contribution in [0, 0.1) is 11.6 Å². The molecule has 0 fully saturated rings. The fraction of sp³-hybridized carbons (Fsp3) is 0.176. The van der Waals surface area contributed by atoms with E-state index in [1.807, 2.05) is 35.9 Å². The number of benzene rings is 2. The third-order valence-electron chi connectivity index (χ3n) is 3.58. The van der Waals surface area contributed by atoms with Gasteiger partial charge in [-0.15, -0.1) is 11.8 Å². The molecule has 3 rings (SSSR count). The van der Waals surface area contributed by atoms with E-state index in [2.05, 4.69) is 10.3 Å². The highest BCUT2D eigenvalue weighted by Gasteiger charge is 2.10. The number of nitrogens with zero attached hydrogens (tertiary/aromatic N) is 2. The Morgan fingerprint density at radius 1 is 1.25 bits per heavy atom. The molecule has 4 nitrogen and oxygen atoms in total. The number of halogens is 2. The van der Waals surface area contributed by atoms with Gasteiger partial charge in [0.25, 0.3) is 0 Å². The second-order valence-electron chi connectivity index (χ2n) is 5.22. The second kappa shape index (κ2) is 7.00. The van der Waals surface area contributed by atoms with Crippen LogP contribution in [0.5, 0.6) is 0 Å². The Bertz CT molecular complexity index is 895. The molecule has 0 saturated carbocycles. The third kappa shape index (κ3) is 3.56. The molecule has 0 aliphatic carbocycles. The van der Waals surface area contributed by atoms with E-state index in [-0.39, 0.29) is 23.1 Å². The fourth-order valence-electron chi connectivity index (χ4n) is 2.32. The van der Waals surface area contributed by atoms with Gasteiger partial charge >= 0.3 is 0 Å². The number of hydrogen-bond donors (Lipinski definition) is 1. The number of aromatic nitrogens is 2. The van der Waals surface area contributed by atoms with Crippen LogP contribution in [0.4, 0.5) is 8.78 Å². The number of fused-ring (bicyclic) bond motifs is 1. The van der Waals surface area contributed by atoms with Crippen molar-refractivity contribution in [3.8, 4) is 0 Å². The summed E-state index contributed by atoms with van der Waals surface area (Å²) in [4.78, 5) is 16.6. The van der Waals surface area contributed by atoms with E-state index in [9.17, 15) is 13.6 Å². The number of thioether (sulfide) groups is 1. The molecule has 0 radical (unpaired) electrons. The SMILES string of the molecule is Cn1c(CNC(=O)CSc2ccc(F)cc2F)nc2ccccc21. The molecule has 24 heavy (non-hydrogen) atoms. The average molecular weight is 347 g/mol. The molecule has 2 aromatic carbocycles. The number of imidazole rings is 1. The fourth-order valence-corrected chi connectivity index (χ4v) is 3.07. The summed E-state index contributed by atoms with van der Waals surface area (Å²) >= 11 is 1.03. The molecule has 1 N–H and O–H groups in total. The maximum absolute atomic E-state index is 13.5. The molecule has 0 bridgehead atoms. The minimum absolute atomic E-state index is 0.0481. The van der Waals surface area contributed by atoms with Gasteiger partial charge in [0.15, 0.2) is 0 Å². The molecule has 0 atom stereocenters. The molecule has 0 aliphatic heterocycles. The zero-order valence-corrected chi connectivity index (χ0v) is 13.7. The van der Waals surface area contributed by atoms with Crippen LogP contribution in [0.1, 0.15) is 5.82 Å². The van der Waals surface area contributed by atoms with E-state index in [1.165, 1.54) is 12.1 Å². The maximum Gasteiger partial charge on any atom is 0.230 e. The first-order chi connectivity index (χ1) is 11.5. The van der Waals surface area contributed by atoms with Crippen LogP contribution in [0.15, 0.2) is 47.4 Å². The Kier molecular flexibility index (Phi) is 4.80. The molecule has 0 spiro atoms. The number of carbonyl (C=O) groups excluding carboxylic acids is 1. The van der Waals surface area contributed by atoms with Crippen molar-refractivity contribution in [2.24, 2.45) is 7.05 Å². The summed E-state index contributed by atoms with van der Waals surface area (Å²) in [6, 6.07) is 11.0. The van der Waals surface area contributed by atoms with E-state index < -0.39 is 11.6 Å². The Hall–Kier alpha value is -2.41. The molecule has 0 unspecified atom stereocenters. The van der Waals surface area contributed by atoms with Crippen LogP contribution < -0.4 is 5.32 Å². The third-order valence-corrected chi connectivity index (χ3v) is 4.62. The van der Waals surface area contributed by atoms with Crippen molar-refractivity contribution in [1.82, 2.24) is 14.9 Å². The highest BCUT2D eigenvalue weighted by molar-refractivity contribution is 8.00. The Morgan fingerprint density at radius 2 is 2.04 bits per heavy atom. The normalized spacial score (nSPS) is 11.0. The topological polar surface area (TPSA) is 46.9 Å². The van der Waals surface area contributed by atoms with Crippen LogP contribution >= 0.6 is 11.8 Å². The molecular formula is C17H15F2N3OS. The first-order valence-electron chi connectivity index (χ1n) is 7.29. The summed E-state index contributed by atoms with van der Waals surface area (Å²) < 4.78 is 28.3. The molecule has 1 amide bonds. The smallest absolute Gasteiger partial charge is 0.230 e. The van der Waals surface area contributed by atoms with Gasteiger partial charge in [-0.1, -0.05) is 12.1 Å². The molecule has 7 heteroatoms. The lowest BCUT2D eigenvalue weighted by Gasteiger charge is -2.06. The quantitative estimate of drug-likeness (QED) is 0.721. The van der Waals surface area contributed by atoms with Gasteiger partial charge in [-0.25, -0.2) is 13.8 Å². The summed E-state index contributed by atoms with van der Waals surface area (Å²) in [5.41, 5.74) is 1.86. The number of hydrogen-bond acceptors (Lipinski definition) is 3. The largest absolute Gasteiger partial charge is 0.348 e. The van der Waals surface area contributed by atoms with E-state index in [0.29, 0.717) is 0 Å². The lowest BCUT2D eigenvalue weighted by atomic mass is 10.3. The van der Waals surface area contributed by atoms with E-state index in [4.69, 9.17) is 0 Å². The number of para-hydroxylation sites is 2. The van der Waals surface area contributed by atoms with Gasteiger partial charge < -0.3 is 9.88 Å². The van der Waals surface area contributed by atoms with Crippen molar-refractivity contribution in [2.75, 3.05) is 5.75 Å². The summed E-state index contributed by atoms with van der Waals surface area (Å²) in [6.45, 7) is 0.288. The molecular weight excluding hydrogens is 332 g/mol. The maximum atomic E-state index is 13.5. The van der Waals surface area contributed by atoms with Gasteiger partial charge in [0.2, 0.25) is 5.91 Å². The van der Waals surface area contributed by atoms with E-state index in [1.54, 1.807) is 0 Å².